The second kappa shape index (κ2) is 11.8. The van der Waals surface area contributed by atoms with Gasteiger partial charge in [-0.1, -0.05) is 121 Å². The van der Waals surface area contributed by atoms with Crippen molar-refractivity contribution in [2.75, 3.05) is 0 Å². The quantitative estimate of drug-likeness (QED) is 0.180. The lowest BCUT2D eigenvalue weighted by atomic mass is 10.1. The van der Waals surface area contributed by atoms with Gasteiger partial charge >= 0.3 is 0 Å². The van der Waals surface area contributed by atoms with Crippen LogP contribution in [-0.4, -0.2) is 23.7 Å². The number of furan rings is 1. The molecule has 0 radical (unpaired) electrons. The zero-order valence-electron chi connectivity index (χ0n) is 31.0. The maximum atomic E-state index is 6.35. The van der Waals surface area contributed by atoms with Crippen molar-refractivity contribution in [2.24, 2.45) is 0 Å². The van der Waals surface area contributed by atoms with Gasteiger partial charge in [0.25, 0.3) is 0 Å². The van der Waals surface area contributed by atoms with Gasteiger partial charge < -0.3 is 8.98 Å². The van der Waals surface area contributed by atoms with E-state index in [1.807, 2.05) is 12.1 Å². The van der Waals surface area contributed by atoms with Crippen LogP contribution < -0.4 is 0 Å². The highest BCUT2D eigenvalue weighted by Gasteiger charge is 2.21. The fraction of sp³-hybridized carbons (Fsp3) is 0. The lowest BCUT2D eigenvalue weighted by molar-refractivity contribution is 0.669. The maximum absolute atomic E-state index is 6.35. The lowest BCUT2D eigenvalue weighted by Crippen LogP contribution is -2.07. The first-order valence-corrected chi connectivity index (χ1v) is 19.6. The van der Waals surface area contributed by atoms with E-state index in [-0.39, 0.29) is 0 Å². The molecule has 0 amide bonds. The van der Waals surface area contributed by atoms with Crippen molar-refractivity contribution in [1.29, 1.82) is 0 Å². The molecule has 6 nitrogen and oxygen atoms in total. The predicted molar refractivity (Wildman–Crippen MR) is 238 cm³/mol. The van der Waals surface area contributed by atoms with Gasteiger partial charge in [-0.25, -0.2) is 4.98 Å². The Balaban J connectivity index is 1.10. The Morgan fingerprint density at radius 3 is 1.45 bits per heavy atom. The first kappa shape index (κ1) is 31.3. The van der Waals surface area contributed by atoms with Gasteiger partial charge in [-0.05, 0) is 60.7 Å². The number of aromatic nitrogens is 5. The number of para-hydroxylation sites is 6. The molecular weight excluding hydrogens is 711 g/mol. The first-order chi connectivity index (χ1) is 28.8. The highest BCUT2D eigenvalue weighted by molar-refractivity contribution is 6.15. The summed E-state index contributed by atoms with van der Waals surface area (Å²) < 4.78 is 13.2. The molecule has 13 aromatic rings. The Kier molecular flexibility index (Phi) is 6.35. The second-order valence-corrected chi connectivity index (χ2v) is 15.0. The van der Waals surface area contributed by atoms with E-state index in [4.69, 9.17) is 14.4 Å². The van der Waals surface area contributed by atoms with Crippen molar-refractivity contribution in [3.8, 4) is 28.7 Å². The summed E-state index contributed by atoms with van der Waals surface area (Å²) in [5.41, 5.74) is 11.3. The summed E-state index contributed by atoms with van der Waals surface area (Å²) in [4.78, 5) is 10.9. The number of nitrogens with zero attached hydrogens (tertiary/aromatic N) is 5. The summed E-state index contributed by atoms with van der Waals surface area (Å²) in [5, 5.41) is 9.23. The Morgan fingerprint density at radius 1 is 0.345 bits per heavy atom. The van der Waals surface area contributed by atoms with Gasteiger partial charge in [0.15, 0.2) is 0 Å². The van der Waals surface area contributed by atoms with Crippen LogP contribution in [0.5, 0.6) is 0 Å². The average molecular weight is 742 g/mol. The number of fused-ring (bicyclic) bond motifs is 12. The number of hydrogen-bond acceptors (Lipinski definition) is 3. The average Bonchev–Trinajstić information content (AvgIpc) is 4.02. The van der Waals surface area contributed by atoms with E-state index >= 15 is 0 Å². The molecule has 13 rings (SSSR count). The van der Waals surface area contributed by atoms with E-state index < -0.39 is 0 Å². The molecule has 58 heavy (non-hydrogen) atoms. The van der Waals surface area contributed by atoms with Crippen molar-refractivity contribution in [1.82, 2.24) is 23.7 Å². The number of hydrogen-bond donors (Lipinski definition) is 0. The maximum Gasteiger partial charge on any atom is 0.237 e. The Morgan fingerprint density at radius 2 is 0.828 bits per heavy atom. The summed E-state index contributed by atoms with van der Waals surface area (Å²) in [6.07, 6.45) is 0. The molecule has 0 saturated heterocycles. The fourth-order valence-electron chi connectivity index (χ4n) is 9.43. The van der Waals surface area contributed by atoms with E-state index in [0.717, 1.165) is 83.2 Å². The lowest BCUT2D eigenvalue weighted by Gasteiger charge is -2.14. The number of benzene rings is 8. The van der Waals surface area contributed by atoms with Crippen LogP contribution in [0.1, 0.15) is 0 Å². The topological polar surface area (TPSA) is 53.7 Å². The molecule has 6 heteroatoms. The van der Waals surface area contributed by atoms with E-state index in [2.05, 4.69) is 190 Å². The van der Waals surface area contributed by atoms with Gasteiger partial charge in [-0.15, -0.1) is 0 Å². The summed E-state index contributed by atoms with van der Waals surface area (Å²) in [7, 11) is 0. The molecule has 5 aromatic heterocycles. The standard InChI is InChI=1S/C52H31N5O/c1-8-21-42-33(14-1)34-15-2-9-22-43(34)56(42)50-31-40(53-52(54-50)57-44-23-10-3-16-35(44)36-17-4-11-24-45(36)57)32-28-29-46-39(30-32)37-18-5-7-20-41(37)55(46)47-25-13-27-49-51(47)38-19-6-12-26-48(38)58-49/h1-31H. The van der Waals surface area contributed by atoms with Gasteiger partial charge in [0, 0.05) is 49.3 Å². The van der Waals surface area contributed by atoms with E-state index in [1.54, 1.807) is 0 Å². The van der Waals surface area contributed by atoms with Crippen LogP contribution in [-0.2, 0) is 0 Å². The van der Waals surface area contributed by atoms with Crippen LogP contribution in [0.2, 0.25) is 0 Å². The molecule has 0 aliphatic rings. The molecule has 0 fully saturated rings. The van der Waals surface area contributed by atoms with Gasteiger partial charge in [0.2, 0.25) is 5.95 Å². The molecule has 0 N–H and O–H groups in total. The minimum absolute atomic E-state index is 0.618. The molecule has 0 aliphatic carbocycles. The second-order valence-electron chi connectivity index (χ2n) is 15.0. The molecule has 270 valence electrons. The third kappa shape index (κ3) is 4.31. The zero-order chi connectivity index (χ0) is 37.9. The minimum Gasteiger partial charge on any atom is -0.456 e. The highest BCUT2D eigenvalue weighted by atomic mass is 16.3. The van der Waals surface area contributed by atoms with Gasteiger partial charge in [-0.2, -0.15) is 4.98 Å². The molecule has 0 unspecified atom stereocenters. The molecule has 0 bridgehead atoms. The van der Waals surface area contributed by atoms with Crippen LogP contribution in [0, 0.1) is 0 Å². The third-order valence-electron chi connectivity index (χ3n) is 11.9. The zero-order valence-corrected chi connectivity index (χ0v) is 31.0. The minimum atomic E-state index is 0.618. The van der Waals surface area contributed by atoms with Crippen molar-refractivity contribution < 1.29 is 4.42 Å². The van der Waals surface area contributed by atoms with Crippen LogP contribution in [0.4, 0.5) is 0 Å². The fourth-order valence-corrected chi connectivity index (χ4v) is 9.43. The van der Waals surface area contributed by atoms with E-state index in [0.29, 0.717) is 5.95 Å². The predicted octanol–water partition coefficient (Wildman–Crippen LogP) is 13.3. The van der Waals surface area contributed by atoms with E-state index in [9.17, 15) is 0 Å². The molecule has 0 atom stereocenters. The van der Waals surface area contributed by atoms with Gasteiger partial charge in [0.05, 0.1) is 49.9 Å². The van der Waals surface area contributed by atoms with E-state index in [1.165, 1.54) is 26.9 Å². The SMILES string of the molecule is c1ccc2c(c1)oc1cccc(-n3c4ccccc4c4cc(-c5cc(-n6c7ccccc7c7ccccc76)nc(-n6c7ccccc7c7ccccc76)n5)ccc43)c12. The Labute approximate surface area is 331 Å². The van der Waals surface area contributed by atoms with Gasteiger partial charge in [0.1, 0.15) is 17.0 Å². The van der Waals surface area contributed by atoms with Crippen molar-refractivity contribution in [3.63, 3.8) is 0 Å². The van der Waals surface area contributed by atoms with Crippen LogP contribution in [0.3, 0.4) is 0 Å². The highest BCUT2D eigenvalue weighted by Crippen LogP contribution is 2.41. The van der Waals surface area contributed by atoms with Crippen molar-refractivity contribution in [3.05, 3.63) is 188 Å². The normalized spacial score (nSPS) is 12.1. The molecule has 8 aromatic carbocycles. The third-order valence-corrected chi connectivity index (χ3v) is 11.9. The van der Waals surface area contributed by atoms with Crippen LogP contribution in [0.25, 0.3) is 116 Å². The van der Waals surface area contributed by atoms with Crippen LogP contribution >= 0.6 is 0 Å². The monoisotopic (exact) mass is 741 g/mol. The number of rotatable bonds is 4. The smallest absolute Gasteiger partial charge is 0.237 e. The van der Waals surface area contributed by atoms with Gasteiger partial charge in [-0.3, -0.25) is 9.13 Å². The summed E-state index contributed by atoms with van der Waals surface area (Å²) in [6, 6.07) is 66.4. The summed E-state index contributed by atoms with van der Waals surface area (Å²) in [5.74, 6) is 1.42. The Hall–Kier alpha value is -7.96. The van der Waals surface area contributed by atoms with Crippen molar-refractivity contribution in [2.45, 2.75) is 0 Å². The molecule has 0 saturated carbocycles. The van der Waals surface area contributed by atoms with Crippen molar-refractivity contribution >= 4 is 87.4 Å². The molecule has 0 spiro atoms. The molecular formula is C52H31N5O. The summed E-state index contributed by atoms with van der Waals surface area (Å²) in [6.45, 7) is 0. The Bertz CT molecular complexity index is 3580. The van der Waals surface area contributed by atoms with Crippen LogP contribution in [0.15, 0.2) is 192 Å². The largest absolute Gasteiger partial charge is 0.456 e. The summed E-state index contributed by atoms with van der Waals surface area (Å²) >= 11 is 0. The first-order valence-electron chi connectivity index (χ1n) is 19.6. The molecule has 5 heterocycles. The molecule has 0 aliphatic heterocycles.